The topological polar surface area (TPSA) is 167 Å². The van der Waals surface area contributed by atoms with Gasteiger partial charge in [0.1, 0.15) is 11.9 Å². The summed E-state index contributed by atoms with van der Waals surface area (Å²) in [5.41, 5.74) is 10.4. The summed E-state index contributed by atoms with van der Waals surface area (Å²) < 4.78 is 0. The number of aromatic nitrogens is 5. The number of nitrogens with zero attached hydrogens (tertiary/aromatic N) is 5. The highest BCUT2D eigenvalue weighted by Crippen LogP contribution is 2.29. The van der Waals surface area contributed by atoms with Gasteiger partial charge in [0.25, 0.3) is 0 Å². The number of nitrogens with two attached hydrogens (primary N) is 1. The third kappa shape index (κ3) is 7.70. The lowest BCUT2D eigenvalue weighted by molar-refractivity contribution is -0.130. The van der Waals surface area contributed by atoms with Gasteiger partial charge in [-0.25, -0.2) is 4.98 Å². The van der Waals surface area contributed by atoms with Crippen LogP contribution in [0.3, 0.4) is 0 Å². The minimum Gasteiger partial charge on any atom is -0.354 e. The summed E-state index contributed by atoms with van der Waals surface area (Å²) in [5.74, 6) is 1.45. The third-order valence-corrected chi connectivity index (χ3v) is 8.85. The Labute approximate surface area is 262 Å². The molecule has 1 aliphatic carbocycles. The van der Waals surface area contributed by atoms with E-state index in [4.69, 9.17) is 5.73 Å². The quantitative estimate of drug-likeness (QED) is 0.182. The lowest BCUT2D eigenvalue weighted by atomic mass is 9.81. The number of H-pyrrole nitrogens is 1. The lowest BCUT2D eigenvalue weighted by Crippen LogP contribution is -2.48. The number of carbonyl (C=O) groups is 2. The van der Waals surface area contributed by atoms with Crippen LogP contribution in [-0.2, 0) is 16.0 Å². The van der Waals surface area contributed by atoms with Crippen molar-refractivity contribution < 1.29 is 9.59 Å². The number of piperazine rings is 1. The Balaban J connectivity index is 1.16. The Bertz CT molecular complexity index is 1550. The van der Waals surface area contributed by atoms with Crippen LogP contribution < -0.4 is 26.6 Å². The van der Waals surface area contributed by atoms with Crippen molar-refractivity contribution >= 4 is 23.3 Å². The van der Waals surface area contributed by atoms with Crippen LogP contribution in [0.25, 0.3) is 22.5 Å². The summed E-state index contributed by atoms with van der Waals surface area (Å²) in [6.45, 7) is 4.42. The molecule has 1 unspecified atom stereocenters. The zero-order valence-electron chi connectivity index (χ0n) is 25.3. The number of benzene rings is 2. The number of aromatic amines is 1. The normalized spacial score (nSPS) is 19.1. The van der Waals surface area contributed by atoms with E-state index in [1.165, 1.54) is 0 Å². The fraction of sp³-hybridized carbons (Fsp3) is 0.394. The lowest BCUT2D eigenvalue weighted by Gasteiger charge is -2.28. The van der Waals surface area contributed by atoms with Gasteiger partial charge in [-0.3, -0.25) is 9.59 Å². The van der Waals surface area contributed by atoms with Gasteiger partial charge in [-0.1, -0.05) is 24.3 Å². The van der Waals surface area contributed by atoms with Crippen molar-refractivity contribution in [2.75, 3.05) is 42.9 Å². The van der Waals surface area contributed by atoms with Crippen molar-refractivity contribution in [2.24, 2.45) is 17.6 Å². The van der Waals surface area contributed by atoms with E-state index in [2.05, 4.69) is 64.7 Å². The molecule has 0 radical (unpaired) electrons. The molecular formula is C33H40N10O2. The first-order chi connectivity index (χ1) is 22.1. The molecule has 2 fully saturated rings. The van der Waals surface area contributed by atoms with Gasteiger partial charge in [0.2, 0.25) is 17.6 Å². The Hall–Kier alpha value is -4.68. The first kappa shape index (κ1) is 30.4. The molecule has 0 spiro atoms. The van der Waals surface area contributed by atoms with Crippen molar-refractivity contribution in [2.45, 2.75) is 38.1 Å². The third-order valence-electron chi connectivity index (χ3n) is 8.85. The number of tetrazole rings is 1. The van der Waals surface area contributed by atoms with Gasteiger partial charge in [-0.05, 0) is 96.4 Å². The zero-order valence-corrected chi connectivity index (χ0v) is 25.3. The summed E-state index contributed by atoms with van der Waals surface area (Å²) in [6, 6.07) is 18.8. The van der Waals surface area contributed by atoms with Crippen LogP contribution in [0, 0.1) is 11.8 Å². The summed E-state index contributed by atoms with van der Waals surface area (Å²) in [7, 11) is 0. The smallest absolute Gasteiger partial charge is 0.247 e. The highest BCUT2D eigenvalue weighted by atomic mass is 16.2. The minimum absolute atomic E-state index is 0.0769. The number of amides is 2. The van der Waals surface area contributed by atoms with Crippen molar-refractivity contribution in [1.29, 1.82) is 0 Å². The SMILES string of the molecule is NCC1CCC(C(=O)NC(Cc2ccc(-c3ccnc(N4CCNCC4)c3)cc2)C(=O)Nc2ccc(-c3nn[nH]n3)cc2)CC1. The van der Waals surface area contributed by atoms with Gasteiger partial charge in [0.05, 0.1) is 0 Å². The molecule has 234 valence electrons. The average Bonchev–Trinajstić information content (AvgIpc) is 3.64. The average molecular weight is 609 g/mol. The Morgan fingerprint density at radius 2 is 1.67 bits per heavy atom. The van der Waals surface area contributed by atoms with E-state index in [-0.39, 0.29) is 17.7 Å². The number of rotatable bonds is 10. The van der Waals surface area contributed by atoms with Gasteiger partial charge >= 0.3 is 0 Å². The highest BCUT2D eigenvalue weighted by molar-refractivity contribution is 5.97. The Morgan fingerprint density at radius 1 is 0.933 bits per heavy atom. The first-order valence-electron chi connectivity index (χ1n) is 15.7. The number of hydrogen-bond acceptors (Lipinski definition) is 9. The van der Waals surface area contributed by atoms with E-state index >= 15 is 0 Å². The molecule has 1 saturated carbocycles. The number of anilines is 2. The number of pyridine rings is 1. The maximum Gasteiger partial charge on any atom is 0.247 e. The molecule has 3 heterocycles. The van der Waals surface area contributed by atoms with Crippen LogP contribution in [0.4, 0.5) is 11.5 Å². The minimum atomic E-state index is -0.743. The first-order valence-corrected chi connectivity index (χ1v) is 15.7. The summed E-state index contributed by atoms with van der Waals surface area (Å²) in [4.78, 5) is 33.9. The van der Waals surface area contributed by atoms with Crippen LogP contribution in [-0.4, -0.2) is 76.2 Å². The molecule has 0 bridgehead atoms. The largest absolute Gasteiger partial charge is 0.354 e. The molecule has 12 nitrogen and oxygen atoms in total. The molecule has 1 saturated heterocycles. The monoisotopic (exact) mass is 608 g/mol. The van der Waals surface area contributed by atoms with Gasteiger partial charge < -0.3 is 26.6 Å². The van der Waals surface area contributed by atoms with E-state index < -0.39 is 6.04 Å². The molecule has 2 aliphatic rings. The van der Waals surface area contributed by atoms with Crippen LogP contribution in [0.1, 0.15) is 31.2 Å². The predicted octanol–water partition coefficient (Wildman–Crippen LogP) is 2.77. The molecule has 45 heavy (non-hydrogen) atoms. The molecule has 1 aliphatic heterocycles. The van der Waals surface area contributed by atoms with Gasteiger partial charge in [0, 0.05) is 56.0 Å². The van der Waals surface area contributed by atoms with Crippen LogP contribution in [0.5, 0.6) is 0 Å². The molecule has 12 heteroatoms. The molecule has 2 aromatic heterocycles. The van der Waals surface area contributed by atoms with E-state index in [9.17, 15) is 9.59 Å². The molecular weight excluding hydrogens is 568 g/mol. The van der Waals surface area contributed by atoms with Gasteiger partial charge in [-0.2, -0.15) is 5.21 Å². The molecule has 6 N–H and O–H groups in total. The Morgan fingerprint density at radius 3 is 2.36 bits per heavy atom. The maximum atomic E-state index is 13.6. The fourth-order valence-corrected chi connectivity index (χ4v) is 6.11. The zero-order chi connectivity index (χ0) is 31.0. The molecule has 6 rings (SSSR count). The standard InChI is InChI=1S/C33H40N10O2/c34-21-23-3-7-26(8-4-23)32(44)38-29(33(45)37-28-11-9-25(10-12-28)31-39-41-42-40-31)19-22-1-5-24(6-2-22)27-13-14-36-30(20-27)43-17-15-35-16-18-43/h1-2,5-6,9-14,20,23,26,29,35H,3-4,7-8,15-19,21,34H2,(H,37,45)(H,38,44)(H,39,40,41,42). The highest BCUT2D eigenvalue weighted by Gasteiger charge is 2.29. The second kappa shape index (κ2) is 14.4. The van der Waals surface area contributed by atoms with Gasteiger partial charge in [-0.15, -0.1) is 10.2 Å². The predicted molar refractivity (Wildman–Crippen MR) is 173 cm³/mol. The van der Waals surface area contributed by atoms with Crippen molar-refractivity contribution in [3.05, 3.63) is 72.4 Å². The molecule has 2 aromatic carbocycles. The van der Waals surface area contributed by atoms with Crippen molar-refractivity contribution in [3.63, 3.8) is 0 Å². The van der Waals surface area contributed by atoms with E-state index in [1.807, 2.05) is 36.5 Å². The second-order valence-electron chi connectivity index (χ2n) is 11.9. The van der Waals surface area contributed by atoms with E-state index in [0.717, 1.165) is 79.9 Å². The van der Waals surface area contributed by atoms with Crippen LogP contribution in [0.15, 0.2) is 66.9 Å². The van der Waals surface area contributed by atoms with E-state index in [1.54, 1.807) is 12.1 Å². The molecule has 2 amide bonds. The fourth-order valence-electron chi connectivity index (χ4n) is 6.11. The number of carbonyl (C=O) groups excluding carboxylic acids is 2. The van der Waals surface area contributed by atoms with Crippen LogP contribution in [0.2, 0.25) is 0 Å². The maximum absolute atomic E-state index is 13.6. The summed E-state index contributed by atoms with van der Waals surface area (Å²) in [6.07, 6.45) is 5.66. The summed E-state index contributed by atoms with van der Waals surface area (Å²) in [5, 5.41) is 23.5. The van der Waals surface area contributed by atoms with Crippen molar-refractivity contribution in [3.8, 4) is 22.5 Å². The van der Waals surface area contributed by atoms with Crippen molar-refractivity contribution in [1.82, 2.24) is 36.2 Å². The summed E-state index contributed by atoms with van der Waals surface area (Å²) >= 11 is 0. The number of hydrogen-bond donors (Lipinski definition) is 5. The Kier molecular flexibility index (Phi) is 9.71. The van der Waals surface area contributed by atoms with E-state index in [0.29, 0.717) is 30.4 Å². The second-order valence-corrected chi connectivity index (χ2v) is 11.9. The van der Waals surface area contributed by atoms with Gasteiger partial charge in [0.15, 0.2) is 0 Å². The van der Waals surface area contributed by atoms with Crippen LogP contribution >= 0.6 is 0 Å². The molecule has 1 atom stereocenters. The molecule has 4 aromatic rings. The number of nitrogens with one attached hydrogen (secondary N) is 4.